The number of rotatable bonds is 1. The molecule has 0 unspecified atom stereocenters. The Morgan fingerprint density at radius 3 is 2.25 bits per heavy atom. The third kappa shape index (κ3) is 3.25. The Labute approximate surface area is 93.8 Å². The normalized spacial score (nSPS) is 10.5. The van der Waals surface area contributed by atoms with Crippen molar-refractivity contribution in [3.05, 3.63) is 29.8 Å². The summed E-state index contributed by atoms with van der Waals surface area (Å²) in [4.78, 5) is -0.0579. The van der Waals surface area contributed by atoms with E-state index < -0.39 is 10.1 Å². The molecule has 1 radical (unpaired) electrons. The molecule has 0 saturated heterocycles. The van der Waals surface area contributed by atoms with Crippen LogP contribution in [0.4, 0.5) is 0 Å². The Hall–Kier alpha value is 0.130. The zero-order valence-corrected chi connectivity index (χ0v) is 9.80. The van der Waals surface area contributed by atoms with Gasteiger partial charge in [-0.05, 0) is 24.6 Å². The molecule has 0 atom stereocenters. The maximum Gasteiger partial charge on any atom is 0.294 e. The van der Waals surface area contributed by atoms with Crippen molar-refractivity contribution >= 4 is 39.7 Å². The SMILES string of the molecule is Cc1cccc(S(=O)(=O)O)c1.[Na]. The largest absolute Gasteiger partial charge is 0.294 e. The quantitative estimate of drug-likeness (QED) is 0.534. The molecule has 0 spiro atoms. The molecule has 0 saturated carbocycles. The molecule has 61 valence electrons. The van der Waals surface area contributed by atoms with Crippen molar-refractivity contribution in [3.8, 4) is 0 Å². The van der Waals surface area contributed by atoms with Gasteiger partial charge in [0.05, 0.1) is 4.90 Å². The molecule has 0 aliphatic rings. The van der Waals surface area contributed by atoms with Crippen molar-refractivity contribution in [2.24, 2.45) is 0 Å². The number of hydrogen-bond acceptors (Lipinski definition) is 2. The Kier molecular flexibility index (Phi) is 4.44. The molecule has 1 aromatic carbocycles. The summed E-state index contributed by atoms with van der Waals surface area (Å²) in [5.41, 5.74) is 0.806. The summed E-state index contributed by atoms with van der Waals surface area (Å²) >= 11 is 0. The van der Waals surface area contributed by atoms with Crippen molar-refractivity contribution in [1.82, 2.24) is 0 Å². The zero-order valence-electron chi connectivity index (χ0n) is 6.98. The topological polar surface area (TPSA) is 54.4 Å². The van der Waals surface area contributed by atoms with Crippen molar-refractivity contribution in [2.75, 3.05) is 0 Å². The van der Waals surface area contributed by atoms with Crippen LogP contribution in [0.1, 0.15) is 5.56 Å². The Bertz CT molecular complexity index is 359. The maximum atomic E-state index is 10.5. The van der Waals surface area contributed by atoms with E-state index in [2.05, 4.69) is 0 Å². The molecular formula is C7H8NaO3S. The van der Waals surface area contributed by atoms with Crippen molar-refractivity contribution < 1.29 is 13.0 Å². The van der Waals surface area contributed by atoms with Crippen LogP contribution in [-0.2, 0) is 10.1 Å². The first-order chi connectivity index (χ1) is 5.00. The van der Waals surface area contributed by atoms with Gasteiger partial charge in [-0.2, -0.15) is 8.42 Å². The van der Waals surface area contributed by atoms with Crippen LogP contribution in [0.25, 0.3) is 0 Å². The molecule has 0 fully saturated rings. The molecule has 1 rings (SSSR count). The molecule has 0 heterocycles. The molecule has 3 nitrogen and oxygen atoms in total. The minimum absolute atomic E-state index is 0. The molecule has 1 aromatic rings. The predicted octanol–water partition coefficient (Wildman–Crippen LogP) is 0.861. The Morgan fingerprint density at radius 1 is 1.33 bits per heavy atom. The average Bonchev–Trinajstić information content (AvgIpc) is 1.86. The maximum absolute atomic E-state index is 10.5. The monoisotopic (exact) mass is 195 g/mol. The molecule has 0 aliphatic heterocycles. The molecule has 0 aliphatic carbocycles. The fourth-order valence-electron chi connectivity index (χ4n) is 0.776. The summed E-state index contributed by atoms with van der Waals surface area (Å²) in [5, 5.41) is 0. The molecule has 5 heteroatoms. The van der Waals surface area contributed by atoms with Gasteiger partial charge in [0.1, 0.15) is 0 Å². The second-order valence-electron chi connectivity index (χ2n) is 2.29. The van der Waals surface area contributed by atoms with E-state index in [0.29, 0.717) is 0 Å². The van der Waals surface area contributed by atoms with Gasteiger partial charge in [0.15, 0.2) is 0 Å². The van der Waals surface area contributed by atoms with E-state index in [1.54, 1.807) is 19.1 Å². The number of aryl methyl sites for hydroxylation is 1. The average molecular weight is 195 g/mol. The van der Waals surface area contributed by atoms with E-state index >= 15 is 0 Å². The van der Waals surface area contributed by atoms with Crippen LogP contribution >= 0.6 is 0 Å². The molecule has 0 bridgehead atoms. The summed E-state index contributed by atoms with van der Waals surface area (Å²) in [7, 11) is -4.03. The molecule has 1 N–H and O–H groups in total. The third-order valence-corrected chi connectivity index (χ3v) is 2.14. The summed E-state index contributed by atoms with van der Waals surface area (Å²) < 4.78 is 29.7. The second-order valence-corrected chi connectivity index (χ2v) is 3.71. The van der Waals surface area contributed by atoms with Gasteiger partial charge < -0.3 is 0 Å². The van der Waals surface area contributed by atoms with Gasteiger partial charge in [0.25, 0.3) is 10.1 Å². The van der Waals surface area contributed by atoms with Crippen LogP contribution in [0.5, 0.6) is 0 Å². The van der Waals surface area contributed by atoms with E-state index in [4.69, 9.17) is 4.55 Å². The standard InChI is InChI=1S/C7H8O3S.Na/c1-6-3-2-4-7(5-6)11(8,9)10;/h2-5H,1H3,(H,8,9,10);. The number of hydrogen-bond donors (Lipinski definition) is 1. The molecule has 0 amide bonds. The summed E-state index contributed by atoms with van der Waals surface area (Å²) in [6.07, 6.45) is 0. The third-order valence-electron chi connectivity index (χ3n) is 1.29. The van der Waals surface area contributed by atoms with Gasteiger partial charge in [-0.3, -0.25) is 4.55 Å². The minimum atomic E-state index is -4.03. The van der Waals surface area contributed by atoms with Crippen LogP contribution in [0.15, 0.2) is 29.2 Å². The zero-order chi connectivity index (χ0) is 8.48. The fraction of sp³-hybridized carbons (Fsp3) is 0.143. The Morgan fingerprint density at radius 2 is 1.92 bits per heavy atom. The van der Waals surface area contributed by atoms with E-state index in [0.717, 1.165) is 5.56 Å². The van der Waals surface area contributed by atoms with E-state index in [1.165, 1.54) is 12.1 Å². The molecule has 0 aromatic heterocycles. The summed E-state index contributed by atoms with van der Waals surface area (Å²) in [5.74, 6) is 0. The first-order valence-electron chi connectivity index (χ1n) is 3.04. The van der Waals surface area contributed by atoms with Crippen LogP contribution in [0.2, 0.25) is 0 Å². The van der Waals surface area contributed by atoms with Crippen LogP contribution in [0.3, 0.4) is 0 Å². The van der Waals surface area contributed by atoms with Crippen molar-refractivity contribution in [2.45, 2.75) is 11.8 Å². The number of benzene rings is 1. The fourth-order valence-corrected chi connectivity index (χ4v) is 1.36. The van der Waals surface area contributed by atoms with Crippen molar-refractivity contribution in [1.29, 1.82) is 0 Å². The van der Waals surface area contributed by atoms with Crippen LogP contribution in [-0.4, -0.2) is 42.5 Å². The predicted molar refractivity (Wildman–Crippen MR) is 46.7 cm³/mol. The van der Waals surface area contributed by atoms with Crippen molar-refractivity contribution in [3.63, 3.8) is 0 Å². The van der Waals surface area contributed by atoms with Gasteiger partial charge in [-0.15, -0.1) is 0 Å². The molecular weight excluding hydrogens is 187 g/mol. The molecule has 12 heavy (non-hydrogen) atoms. The second kappa shape index (κ2) is 4.39. The van der Waals surface area contributed by atoms with Gasteiger partial charge in [-0.1, -0.05) is 12.1 Å². The minimum Gasteiger partial charge on any atom is -0.282 e. The summed E-state index contributed by atoms with van der Waals surface area (Å²) in [6.45, 7) is 1.76. The van der Waals surface area contributed by atoms with Gasteiger partial charge in [0, 0.05) is 29.6 Å². The van der Waals surface area contributed by atoms with Gasteiger partial charge in [-0.25, -0.2) is 0 Å². The first kappa shape index (κ1) is 12.1. The summed E-state index contributed by atoms with van der Waals surface area (Å²) in [6, 6.07) is 6.10. The first-order valence-corrected chi connectivity index (χ1v) is 4.48. The van der Waals surface area contributed by atoms with Gasteiger partial charge >= 0.3 is 0 Å². The van der Waals surface area contributed by atoms with E-state index in [1.807, 2.05) is 0 Å². The Balaban J connectivity index is 0.00000121. The smallest absolute Gasteiger partial charge is 0.282 e. The van der Waals surface area contributed by atoms with Crippen LogP contribution in [0, 0.1) is 6.92 Å². The van der Waals surface area contributed by atoms with E-state index in [-0.39, 0.29) is 34.5 Å². The van der Waals surface area contributed by atoms with Crippen LogP contribution < -0.4 is 0 Å². The van der Waals surface area contributed by atoms with E-state index in [9.17, 15) is 8.42 Å². The van der Waals surface area contributed by atoms with Gasteiger partial charge in [0.2, 0.25) is 0 Å².